The minimum absolute atomic E-state index is 0.250. The highest BCUT2D eigenvalue weighted by atomic mass is 16.6. The van der Waals surface area contributed by atoms with Gasteiger partial charge in [-0.25, -0.2) is 9.59 Å². The zero-order valence-electron chi connectivity index (χ0n) is 4.92. The molecule has 9 heteroatoms. The topological polar surface area (TPSA) is 169 Å². The Hall–Kier alpha value is -2.06. The molecule has 0 fully saturated rings. The van der Waals surface area contributed by atoms with Crippen LogP contribution in [0, 0.1) is 10.1 Å². The molecule has 0 heterocycles. The van der Waals surface area contributed by atoms with Gasteiger partial charge in [-0.2, -0.15) is 0 Å². The first-order valence-electron chi connectivity index (χ1n) is 1.71. The Kier molecular flexibility index (Phi) is 22.8. The molecule has 0 aliphatic carbocycles. The van der Waals surface area contributed by atoms with Gasteiger partial charge in [0.15, 0.2) is 0 Å². The van der Waals surface area contributed by atoms with Crippen LogP contribution in [0.5, 0.6) is 0 Å². The van der Waals surface area contributed by atoms with Crippen LogP contribution in [-0.4, -0.2) is 32.7 Å². The normalized spacial score (nSPS) is 5.45. The van der Waals surface area contributed by atoms with Crippen molar-refractivity contribution in [2.45, 2.75) is 0 Å². The highest BCUT2D eigenvalue weighted by Crippen LogP contribution is 1.43. The molecule has 0 aliphatic rings. The number of nitrogens with one attached hydrogen (secondary N) is 1. The van der Waals surface area contributed by atoms with Gasteiger partial charge in [-0.05, 0) is 0 Å². The molecule has 66 valence electrons. The largest absolute Gasteiger partial charge is 0.503 e. The summed E-state index contributed by atoms with van der Waals surface area (Å²) >= 11 is 0. The van der Waals surface area contributed by atoms with E-state index in [1.807, 2.05) is 0 Å². The maximum absolute atomic E-state index is 8.56. The summed E-state index contributed by atoms with van der Waals surface area (Å²) in [6, 6.07) is 0. The molecule has 0 rings (SSSR count). The van der Waals surface area contributed by atoms with E-state index >= 15 is 0 Å². The second-order valence-electron chi connectivity index (χ2n) is 0.648. The Morgan fingerprint density at radius 3 is 1.00 bits per heavy atom. The smallest absolute Gasteiger partial charge is 0.450 e. The third-order valence-electron chi connectivity index (χ3n) is 0. The molecule has 5 N–H and O–H groups in total. The molecular formula is C2H5NO8. The van der Waals surface area contributed by atoms with Crippen molar-refractivity contribution >= 4 is 12.3 Å². The summed E-state index contributed by atoms with van der Waals surface area (Å²) in [5, 5.41) is 36.3. The summed E-state index contributed by atoms with van der Waals surface area (Å²) in [5.41, 5.74) is 0. The first-order valence-corrected chi connectivity index (χ1v) is 1.71. The maximum atomic E-state index is 8.56. The molecule has 0 aromatic rings. The number of rotatable bonds is 0. The van der Waals surface area contributed by atoms with Gasteiger partial charge in [0.05, 0.1) is 0 Å². The number of carbonyl (C=O) groups is 2. The average molecular weight is 171 g/mol. The Balaban J connectivity index is -0.0000000886. The fraction of sp³-hybridized carbons (Fsp3) is 0. The van der Waals surface area contributed by atoms with Crippen molar-refractivity contribution < 1.29 is 35.4 Å². The van der Waals surface area contributed by atoms with Crippen molar-refractivity contribution in [3.63, 3.8) is 0 Å². The predicted molar refractivity (Wildman–Crippen MR) is 29.0 cm³/mol. The van der Waals surface area contributed by atoms with Crippen LogP contribution in [0.15, 0.2) is 0 Å². The fourth-order valence-corrected chi connectivity index (χ4v) is 0. The molecule has 11 heavy (non-hydrogen) atoms. The summed E-state index contributed by atoms with van der Waals surface area (Å²) in [7, 11) is 0. The van der Waals surface area contributed by atoms with Crippen LogP contribution < -0.4 is 5.34 Å². The standard InChI is InChI=1S/2CH2O3.HNO2/c2*2-1(3)4;2-1-3/h2*(H2,2,3,4);1H. The van der Waals surface area contributed by atoms with Crippen LogP contribution >= 0.6 is 0 Å². The van der Waals surface area contributed by atoms with Crippen LogP contribution in [-0.2, 0) is 0 Å². The SMILES string of the molecule is O=C(O)O.O=C(O)O.O=[NH+][O-]. The van der Waals surface area contributed by atoms with E-state index in [1.165, 1.54) is 0 Å². The third kappa shape index (κ3) is 66.0. The van der Waals surface area contributed by atoms with E-state index in [1.54, 1.807) is 0 Å². The summed E-state index contributed by atoms with van der Waals surface area (Å²) in [6.45, 7) is 0. The monoisotopic (exact) mass is 171 g/mol. The van der Waals surface area contributed by atoms with Crippen molar-refractivity contribution in [3.05, 3.63) is 10.1 Å². The van der Waals surface area contributed by atoms with E-state index in [4.69, 9.17) is 40.1 Å². The molecule has 0 radical (unpaired) electrons. The highest BCUT2D eigenvalue weighted by Gasteiger charge is 1.70. The molecule has 0 amide bonds. The Labute approximate surface area is 59.1 Å². The van der Waals surface area contributed by atoms with Crippen molar-refractivity contribution in [2.24, 2.45) is 0 Å². The molecule has 0 saturated heterocycles. The summed E-state index contributed by atoms with van der Waals surface area (Å²) in [4.78, 5) is 25.2. The van der Waals surface area contributed by atoms with Crippen molar-refractivity contribution in [3.8, 4) is 0 Å². The van der Waals surface area contributed by atoms with E-state index in [9.17, 15) is 0 Å². The molecule has 9 nitrogen and oxygen atoms in total. The van der Waals surface area contributed by atoms with Gasteiger partial charge in [0.1, 0.15) is 0 Å². The summed E-state index contributed by atoms with van der Waals surface area (Å²) < 4.78 is 0. The lowest BCUT2D eigenvalue weighted by atomic mass is 11.5. The first-order chi connectivity index (χ1) is 4.88. The average Bonchev–Trinajstić information content (AvgIpc) is 1.60. The van der Waals surface area contributed by atoms with Gasteiger partial charge in [0.25, 0.3) is 0 Å². The van der Waals surface area contributed by atoms with Crippen molar-refractivity contribution in [1.29, 1.82) is 0 Å². The molecule has 0 spiro atoms. The van der Waals surface area contributed by atoms with E-state index in [0.29, 0.717) is 0 Å². The van der Waals surface area contributed by atoms with Crippen LogP contribution in [0.25, 0.3) is 0 Å². The van der Waals surface area contributed by atoms with E-state index in [0.717, 1.165) is 0 Å². The van der Waals surface area contributed by atoms with E-state index in [2.05, 4.69) is 0 Å². The van der Waals surface area contributed by atoms with E-state index < -0.39 is 12.3 Å². The number of hydrogen-bond donors (Lipinski definition) is 5. The van der Waals surface area contributed by atoms with Gasteiger partial charge in [-0.3, -0.25) is 10.1 Å². The van der Waals surface area contributed by atoms with Crippen molar-refractivity contribution in [1.82, 2.24) is 0 Å². The summed E-state index contributed by atoms with van der Waals surface area (Å²) in [6.07, 6.45) is -3.67. The molecule has 0 bridgehead atoms. The van der Waals surface area contributed by atoms with Gasteiger partial charge in [-0.1, -0.05) is 0 Å². The van der Waals surface area contributed by atoms with Gasteiger partial charge < -0.3 is 20.4 Å². The molecule has 0 atom stereocenters. The van der Waals surface area contributed by atoms with Gasteiger partial charge in [0.2, 0.25) is 0 Å². The number of carboxylic acid groups (broad SMARTS) is 4. The lowest BCUT2D eigenvalue weighted by molar-refractivity contribution is -0.398. The summed E-state index contributed by atoms with van der Waals surface area (Å²) in [5.74, 6) is 0. The minimum atomic E-state index is -1.83. The first kappa shape index (κ1) is 16.0. The molecule has 0 aromatic carbocycles. The Bertz CT molecular complexity index is 99.3. The predicted octanol–water partition coefficient (Wildman–Crippen LogP) is -1.22. The zero-order valence-corrected chi connectivity index (χ0v) is 4.92. The van der Waals surface area contributed by atoms with Crippen LogP contribution in [0.1, 0.15) is 0 Å². The Morgan fingerprint density at radius 1 is 1.00 bits per heavy atom. The minimum Gasteiger partial charge on any atom is -0.450 e. The molecular weight excluding hydrogens is 166 g/mol. The van der Waals surface area contributed by atoms with E-state index in [-0.39, 0.29) is 5.34 Å². The molecule has 0 saturated carbocycles. The van der Waals surface area contributed by atoms with Crippen LogP contribution in [0.2, 0.25) is 0 Å². The molecule has 0 aromatic heterocycles. The number of hydrogen-bond acceptors (Lipinski definition) is 4. The fourth-order valence-electron chi connectivity index (χ4n) is 0. The lowest BCUT2D eigenvalue weighted by Gasteiger charge is -1.60. The Morgan fingerprint density at radius 2 is 1.00 bits per heavy atom. The quantitative estimate of drug-likeness (QED) is 0.223. The highest BCUT2D eigenvalue weighted by molar-refractivity contribution is 5.53. The maximum Gasteiger partial charge on any atom is 0.503 e. The zero-order chi connectivity index (χ0) is 9.86. The second kappa shape index (κ2) is 15.7. The van der Waals surface area contributed by atoms with Gasteiger partial charge in [0, 0.05) is 5.34 Å². The van der Waals surface area contributed by atoms with Crippen molar-refractivity contribution in [2.75, 3.05) is 0 Å². The van der Waals surface area contributed by atoms with Crippen LogP contribution in [0.3, 0.4) is 0 Å². The lowest BCUT2D eigenvalue weighted by Crippen LogP contribution is -2.53. The van der Waals surface area contributed by atoms with Gasteiger partial charge >= 0.3 is 12.3 Å². The van der Waals surface area contributed by atoms with Gasteiger partial charge in [-0.15, -0.1) is 0 Å². The second-order valence-corrected chi connectivity index (χ2v) is 0.648. The third-order valence-corrected chi connectivity index (χ3v) is 0. The molecule has 0 aliphatic heterocycles. The van der Waals surface area contributed by atoms with Crippen LogP contribution in [0.4, 0.5) is 9.59 Å². The molecule has 0 unspecified atom stereocenters.